The van der Waals surface area contributed by atoms with E-state index in [1.165, 1.54) is 16.7 Å². The predicted molar refractivity (Wildman–Crippen MR) is 81.5 cm³/mol. The van der Waals surface area contributed by atoms with Crippen molar-refractivity contribution in [1.29, 1.82) is 0 Å². The van der Waals surface area contributed by atoms with Crippen molar-refractivity contribution in [2.45, 2.75) is 32.5 Å². The van der Waals surface area contributed by atoms with Gasteiger partial charge in [0.1, 0.15) is 12.6 Å². The van der Waals surface area contributed by atoms with Crippen LogP contribution in [0.15, 0.2) is 54.6 Å². The molecule has 0 aromatic heterocycles. The molecule has 0 fully saturated rings. The van der Waals surface area contributed by atoms with Crippen LogP contribution in [0, 0.1) is 0 Å². The molecule has 0 radical (unpaired) electrons. The number of hydrogen-bond acceptors (Lipinski definition) is 2. The second-order valence-corrected chi connectivity index (χ2v) is 5.49. The summed E-state index contributed by atoms with van der Waals surface area (Å²) in [5, 5.41) is 2.27. The Morgan fingerprint density at radius 2 is 1.52 bits per heavy atom. The third kappa shape index (κ3) is 3.70. The minimum atomic E-state index is -0.149. The third-order valence-corrected chi connectivity index (χ3v) is 3.98. The maximum atomic E-state index is 5.86. The molecular formula is C18H22NO2+. The standard InChI is InChI=1S/C18H21NO2/c1-14(15-7-3-2-4-8-15)19-11-18-20-12-16-9-5-6-10-17(16)13-21-18/h2-10,14,18-19H,11-13H2,1H3/p+1. The Hall–Kier alpha value is -1.68. The number of hydrogen-bond donors (Lipinski definition) is 1. The maximum absolute atomic E-state index is 5.86. The van der Waals surface area contributed by atoms with Crippen molar-refractivity contribution in [1.82, 2.24) is 0 Å². The highest BCUT2D eigenvalue weighted by molar-refractivity contribution is 5.26. The normalized spacial score (nSPS) is 17.0. The van der Waals surface area contributed by atoms with E-state index in [1.54, 1.807) is 0 Å². The van der Waals surface area contributed by atoms with E-state index in [4.69, 9.17) is 9.47 Å². The number of fused-ring (bicyclic) bond motifs is 1. The molecule has 0 bridgehead atoms. The quantitative estimate of drug-likeness (QED) is 0.935. The van der Waals surface area contributed by atoms with Crippen molar-refractivity contribution in [3.63, 3.8) is 0 Å². The number of nitrogens with two attached hydrogens (primary N) is 1. The van der Waals surface area contributed by atoms with Crippen LogP contribution < -0.4 is 5.32 Å². The smallest absolute Gasteiger partial charge is 0.208 e. The van der Waals surface area contributed by atoms with Gasteiger partial charge in [-0.1, -0.05) is 54.6 Å². The largest absolute Gasteiger partial charge is 0.343 e. The summed E-state index contributed by atoms with van der Waals surface area (Å²) >= 11 is 0. The van der Waals surface area contributed by atoms with Crippen LogP contribution in [-0.4, -0.2) is 12.8 Å². The molecule has 0 amide bonds. The van der Waals surface area contributed by atoms with E-state index in [-0.39, 0.29) is 6.29 Å². The first kappa shape index (κ1) is 14.3. The zero-order chi connectivity index (χ0) is 14.5. The number of benzene rings is 2. The van der Waals surface area contributed by atoms with Crippen LogP contribution in [-0.2, 0) is 22.7 Å². The molecule has 1 heterocycles. The number of rotatable bonds is 4. The van der Waals surface area contributed by atoms with Gasteiger partial charge >= 0.3 is 0 Å². The molecule has 3 heteroatoms. The van der Waals surface area contributed by atoms with Crippen LogP contribution in [0.4, 0.5) is 0 Å². The van der Waals surface area contributed by atoms with Crippen molar-refractivity contribution >= 4 is 0 Å². The third-order valence-electron chi connectivity index (χ3n) is 3.98. The lowest BCUT2D eigenvalue weighted by atomic mass is 10.1. The Balaban J connectivity index is 1.53. The Bertz CT molecular complexity index is 543. The molecule has 1 atom stereocenters. The molecule has 3 rings (SSSR count). The summed E-state index contributed by atoms with van der Waals surface area (Å²) in [4.78, 5) is 0. The van der Waals surface area contributed by atoms with Crippen molar-refractivity contribution < 1.29 is 14.8 Å². The van der Waals surface area contributed by atoms with Crippen LogP contribution in [0.3, 0.4) is 0 Å². The molecule has 2 aromatic carbocycles. The number of ether oxygens (including phenoxy) is 2. The van der Waals surface area contributed by atoms with Gasteiger partial charge in [0.25, 0.3) is 0 Å². The summed E-state index contributed by atoms with van der Waals surface area (Å²) in [7, 11) is 0. The van der Waals surface area contributed by atoms with Crippen LogP contribution in [0.25, 0.3) is 0 Å². The van der Waals surface area contributed by atoms with E-state index in [0.29, 0.717) is 19.3 Å². The summed E-state index contributed by atoms with van der Waals surface area (Å²) in [6.07, 6.45) is -0.149. The number of quaternary nitrogens is 1. The summed E-state index contributed by atoms with van der Waals surface area (Å²) in [5.74, 6) is 0. The fraction of sp³-hybridized carbons (Fsp3) is 0.333. The van der Waals surface area contributed by atoms with Crippen LogP contribution in [0.5, 0.6) is 0 Å². The predicted octanol–water partition coefficient (Wildman–Crippen LogP) is 2.38. The first-order valence-electron chi connectivity index (χ1n) is 7.51. The zero-order valence-corrected chi connectivity index (χ0v) is 12.4. The lowest BCUT2D eigenvalue weighted by molar-refractivity contribution is -0.704. The van der Waals surface area contributed by atoms with E-state index < -0.39 is 0 Å². The van der Waals surface area contributed by atoms with Crippen LogP contribution in [0.2, 0.25) is 0 Å². The van der Waals surface area contributed by atoms with Gasteiger partial charge < -0.3 is 14.8 Å². The second-order valence-electron chi connectivity index (χ2n) is 5.49. The molecular weight excluding hydrogens is 262 g/mol. The Labute approximate surface area is 125 Å². The molecule has 3 nitrogen and oxygen atoms in total. The van der Waals surface area contributed by atoms with Crippen LogP contribution in [0.1, 0.15) is 29.7 Å². The maximum Gasteiger partial charge on any atom is 0.208 e. The highest BCUT2D eigenvalue weighted by Gasteiger charge is 2.19. The van der Waals surface area contributed by atoms with E-state index in [9.17, 15) is 0 Å². The van der Waals surface area contributed by atoms with Gasteiger partial charge in [-0.05, 0) is 18.1 Å². The van der Waals surface area contributed by atoms with E-state index in [0.717, 1.165) is 6.54 Å². The summed E-state index contributed by atoms with van der Waals surface area (Å²) in [6, 6.07) is 19.2. The van der Waals surface area contributed by atoms with Gasteiger partial charge in [-0.3, -0.25) is 0 Å². The highest BCUT2D eigenvalue weighted by atomic mass is 16.7. The molecule has 0 spiro atoms. The highest BCUT2D eigenvalue weighted by Crippen LogP contribution is 2.17. The Morgan fingerprint density at radius 1 is 0.952 bits per heavy atom. The molecule has 0 saturated carbocycles. The minimum Gasteiger partial charge on any atom is -0.343 e. The molecule has 0 saturated heterocycles. The van der Waals surface area contributed by atoms with Crippen molar-refractivity contribution in [2.24, 2.45) is 0 Å². The average molecular weight is 284 g/mol. The Kier molecular flexibility index (Phi) is 4.65. The molecule has 0 aliphatic carbocycles. The van der Waals surface area contributed by atoms with Gasteiger partial charge in [0, 0.05) is 5.56 Å². The van der Waals surface area contributed by atoms with Crippen molar-refractivity contribution in [3.8, 4) is 0 Å². The molecule has 2 aromatic rings. The molecule has 2 N–H and O–H groups in total. The molecule has 1 aliphatic rings. The molecule has 1 unspecified atom stereocenters. The zero-order valence-electron chi connectivity index (χ0n) is 12.4. The lowest BCUT2D eigenvalue weighted by Gasteiger charge is -2.17. The topological polar surface area (TPSA) is 35.1 Å². The first-order chi connectivity index (χ1) is 10.3. The SMILES string of the molecule is CC([NH2+]CC1OCc2ccccc2CO1)c1ccccc1. The molecule has 1 aliphatic heterocycles. The second kappa shape index (κ2) is 6.85. The van der Waals surface area contributed by atoms with E-state index in [2.05, 4.69) is 48.6 Å². The van der Waals surface area contributed by atoms with Gasteiger partial charge in [-0.15, -0.1) is 0 Å². The summed E-state index contributed by atoms with van der Waals surface area (Å²) in [5.41, 5.74) is 3.79. The first-order valence-corrected chi connectivity index (χ1v) is 7.51. The summed E-state index contributed by atoms with van der Waals surface area (Å²) in [6.45, 7) is 4.29. The van der Waals surface area contributed by atoms with Gasteiger partial charge in [0.2, 0.25) is 6.29 Å². The van der Waals surface area contributed by atoms with E-state index in [1.807, 2.05) is 18.2 Å². The van der Waals surface area contributed by atoms with Crippen LogP contribution >= 0.6 is 0 Å². The van der Waals surface area contributed by atoms with E-state index >= 15 is 0 Å². The van der Waals surface area contributed by atoms with Gasteiger partial charge in [0.05, 0.1) is 13.2 Å². The van der Waals surface area contributed by atoms with Crippen molar-refractivity contribution in [2.75, 3.05) is 6.54 Å². The van der Waals surface area contributed by atoms with Gasteiger partial charge in [0.15, 0.2) is 0 Å². The lowest BCUT2D eigenvalue weighted by Crippen LogP contribution is -2.87. The minimum absolute atomic E-state index is 0.149. The van der Waals surface area contributed by atoms with Gasteiger partial charge in [-0.2, -0.15) is 0 Å². The molecule has 110 valence electrons. The average Bonchev–Trinajstić information content (AvgIpc) is 2.76. The van der Waals surface area contributed by atoms with Gasteiger partial charge in [-0.25, -0.2) is 0 Å². The monoisotopic (exact) mass is 284 g/mol. The molecule has 21 heavy (non-hydrogen) atoms. The fourth-order valence-electron chi connectivity index (χ4n) is 2.60. The van der Waals surface area contributed by atoms with Crippen molar-refractivity contribution in [3.05, 3.63) is 71.3 Å². The Morgan fingerprint density at radius 3 is 2.14 bits per heavy atom. The fourth-order valence-corrected chi connectivity index (χ4v) is 2.60. The summed E-state index contributed by atoms with van der Waals surface area (Å²) < 4.78 is 11.7.